The summed E-state index contributed by atoms with van der Waals surface area (Å²) in [6.07, 6.45) is 0. The van der Waals surface area contributed by atoms with Crippen LogP contribution in [0.4, 0.5) is 0 Å². The predicted octanol–water partition coefficient (Wildman–Crippen LogP) is 14.1. The van der Waals surface area contributed by atoms with E-state index in [0.717, 1.165) is 60.9 Å². The first kappa shape index (κ1) is 32.2. The van der Waals surface area contributed by atoms with Gasteiger partial charge in [0.2, 0.25) is 0 Å². The average Bonchev–Trinajstić information content (AvgIpc) is 3.85. The molecule has 0 spiro atoms. The van der Waals surface area contributed by atoms with Gasteiger partial charge in [-0.3, -0.25) is 0 Å². The number of hydrogen-bond donors (Lipinski definition) is 0. The molecule has 8 aromatic carbocycles. The van der Waals surface area contributed by atoms with Crippen molar-refractivity contribution in [2.45, 2.75) is 0 Å². The summed E-state index contributed by atoms with van der Waals surface area (Å²) in [4.78, 5) is 15.2. The molecule has 11 aromatic rings. The van der Waals surface area contributed by atoms with Gasteiger partial charge < -0.3 is 4.42 Å². The number of thiophene rings is 1. The molecule has 11 rings (SSSR count). The molecule has 0 aliphatic heterocycles. The zero-order valence-corrected chi connectivity index (χ0v) is 30.9. The molecule has 0 aliphatic rings. The molecule has 0 saturated heterocycles. The Morgan fingerprint density at radius 2 is 0.946 bits per heavy atom. The number of benzene rings is 8. The normalized spacial score (nSPS) is 11.6. The summed E-state index contributed by atoms with van der Waals surface area (Å²) in [5.74, 6) is 1.77. The second kappa shape index (κ2) is 13.3. The van der Waals surface area contributed by atoms with E-state index >= 15 is 0 Å². The first-order valence-corrected chi connectivity index (χ1v) is 19.5. The number of aromatic nitrogens is 3. The van der Waals surface area contributed by atoms with E-state index in [0.29, 0.717) is 17.5 Å². The highest BCUT2D eigenvalue weighted by Crippen LogP contribution is 2.44. The third-order valence-corrected chi connectivity index (χ3v) is 11.6. The minimum absolute atomic E-state index is 0.562. The van der Waals surface area contributed by atoms with E-state index in [9.17, 15) is 0 Å². The van der Waals surface area contributed by atoms with E-state index in [1.54, 1.807) is 0 Å². The second-order valence-corrected chi connectivity index (χ2v) is 15.1. The van der Waals surface area contributed by atoms with Gasteiger partial charge in [0.1, 0.15) is 11.2 Å². The summed E-state index contributed by atoms with van der Waals surface area (Å²) < 4.78 is 9.38. The molecule has 0 unspecified atom stereocenters. The topological polar surface area (TPSA) is 51.8 Å². The van der Waals surface area contributed by atoms with Gasteiger partial charge in [-0.25, -0.2) is 15.0 Å². The van der Waals surface area contributed by atoms with Crippen LogP contribution >= 0.6 is 11.3 Å². The fourth-order valence-electron chi connectivity index (χ4n) is 7.83. The standard InChI is InChI=1S/C51H31N3OS/c1-4-14-32(15-5-1)35-20-12-21-37(28-35)50-52-49(34-18-8-3-9-19-34)53-51(54-50)42-24-13-23-40-39-27-26-36(30-44(39)55-48(40)42)38-29-43(33-16-6-2-7-17-33)47-41-22-10-11-25-45(41)56-46(47)31-38/h1-31H. The van der Waals surface area contributed by atoms with Crippen LogP contribution in [0.1, 0.15) is 0 Å². The molecule has 0 fully saturated rings. The highest BCUT2D eigenvalue weighted by Gasteiger charge is 2.19. The number of furan rings is 1. The minimum Gasteiger partial charge on any atom is -0.455 e. The number of nitrogens with zero attached hydrogens (tertiary/aromatic N) is 3. The van der Waals surface area contributed by atoms with Crippen molar-refractivity contribution >= 4 is 53.4 Å². The molecule has 0 aliphatic carbocycles. The lowest BCUT2D eigenvalue weighted by atomic mass is 9.94. The summed E-state index contributed by atoms with van der Waals surface area (Å²) in [6, 6.07) is 65.7. The van der Waals surface area contributed by atoms with Crippen LogP contribution in [0.5, 0.6) is 0 Å². The van der Waals surface area contributed by atoms with E-state index in [1.807, 2.05) is 53.8 Å². The Morgan fingerprint density at radius 1 is 0.339 bits per heavy atom. The van der Waals surface area contributed by atoms with Crippen LogP contribution in [-0.2, 0) is 0 Å². The van der Waals surface area contributed by atoms with Crippen LogP contribution in [0.25, 0.3) is 110 Å². The van der Waals surface area contributed by atoms with Crippen LogP contribution < -0.4 is 0 Å². The van der Waals surface area contributed by atoms with Crippen LogP contribution in [0.15, 0.2) is 192 Å². The van der Waals surface area contributed by atoms with Gasteiger partial charge in [0, 0.05) is 42.1 Å². The number of rotatable bonds is 6. The van der Waals surface area contributed by atoms with Gasteiger partial charge in [-0.15, -0.1) is 11.3 Å². The molecule has 3 aromatic heterocycles. The molecule has 4 nitrogen and oxygen atoms in total. The Kier molecular flexibility index (Phi) is 7.64. The largest absolute Gasteiger partial charge is 0.455 e. The summed E-state index contributed by atoms with van der Waals surface area (Å²) in [7, 11) is 0. The Balaban J connectivity index is 1.07. The summed E-state index contributed by atoms with van der Waals surface area (Å²) >= 11 is 1.84. The van der Waals surface area contributed by atoms with E-state index in [2.05, 4.69) is 146 Å². The molecule has 5 heteroatoms. The quantitative estimate of drug-likeness (QED) is 0.171. The zero-order chi connectivity index (χ0) is 37.0. The molecular weight excluding hydrogens is 703 g/mol. The predicted molar refractivity (Wildman–Crippen MR) is 233 cm³/mol. The molecular formula is C51H31N3OS. The van der Waals surface area contributed by atoms with Crippen LogP contribution in [0, 0.1) is 0 Å². The summed E-state index contributed by atoms with van der Waals surface area (Å²) in [5.41, 5.74) is 11.1. The fourth-order valence-corrected chi connectivity index (χ4v) is 9.00. The molecule has 56 heavy (non-hydrogen) atoms. The maximum absolute atomic E-state index is 6.82. The minimum atomic E-state index is 0.562. The van der Waals surface area contributed by atoms with Crippen molar-refractivity contribution in [2.24, 2.45) is 0 Å². The van der Waals surface area contributed by atoms with Crippen molar-refractivity contribution in [2.75, 3.05) is 0 Å². The van der Waals surface area contributed by atoms with E-state index < -0.39 is 0 Å². The Labute approximate surface area is 327 Å². The zero-order valence-electron chi connectivity index (χ0n) is 30.1. The SMILES string of the molecule is c1ccc(-c2cccc(-c3nc(-c4ccccc4)nc(-c4cccc5c4oc4cc(-c6cc(-c7ccccc7)c7c(c6)sc6ccccc67)ccc45)n3)c2)cc1. The summed E-state index contributed by atoms with van der Waals surface area (Å²) in [5, 5.41) is 4.65. The van der Waals surface area contributed by atoms with Crippen molar-refractivity contribution in [3.8, 4) is 67.5 Å². The Hall–Kier alpha value is -7.21. The molecule has 262 valence electrons. The van der Waals surface area contributed by atoms with Gasteiger partial charge in [0.15, 0.2) is 17.5 Å². The van der Waals surface area contributed by atoms with E-state index in [-0.39, 0.29) is 0 Å². The van der Waals surface area contributed by atoms with Gasteiger partial charge in [-0.1, -0.05) is 146 Å². The highest BCUT2D eigenvalue weighted by molar-refractivity contribution is 7.26. The van der Waals surface area contributed by atoms with Gasteiger partial charge >= 0.3 is 0 Å². The van der Waals surface area contributed by atoms with Gasteiger partial charge in [0.05, 0.1) is 5.56 Å². The lowest BCUT2D eigenvalue weighted by Gasteiger charge is -2.10. The summed E-state index contributed by atoms with van der Waals surface area (Å²) in [6.45, 7) is 0. The average molecular weight is 734 g/mol. The second-order valence-electron chi connectivity index (χ2n) is 14.0. The van der Waals surface area contributed by atoms with Crippen LogP contribution in [0.3, 0.4) is 0 Å². The van der Waals surface area contributed by atoms with Crippen LogP contribution in [-0.4, -0.2) is 15.0 Å². The Bertz CT molecular complexity index is 3240. The Morgan fingerprint density at radius 3 is 1.75 bits per heavy atom. The molecule has 0 atom stereocenters. The third kappa shape index (κ3) is 5.56. The molecule has 0 N–H and O–H groups in total. The fraction of sp³-hybridized carbons (Fsp3) is 0. The van der Waals surface area contributed by atoms with E-state index in [4.69, 9.17) is 19.4 Å². The van der Waals surface area contributed by atoms with E-state index in [1.165, 1.54) is 31.3 Å². The van der Waals surface area contributed by atoms with Gasteiger partial charge in [-0.05, 0) is 75.8 Å². The smallest absolute Gasteiger partial charge is 0.167 e. The van der Waals surface area contributed by atoms with Crippen molar-refractivity contribution in [1.82, 2.24) is 15.0 Å². The maximum atomic E-state index is 6.82. The lowest BCUT2D eigenvalue weighted by molar-refractivity contribution is 0.669. The first-order chi connectivity index (χ1) is 27.7. The van der Waals surface area contributed by atoms with Crippen molar-refractivity contribution in [3.05, 3.63) is 188 Å². The number of fused-ring (bicyclic) bond motifs is 6. The van der Waals surface area contributed by atoms with Crippen molar-refractivity contribution < 1.29 is 4.42 Å². The van der Waals surface area contributed by atoms with Crippen molar-refractivity contribution in [3.63, 3.8) is 0 Å². The molecule has 0 saturated carbocycles. The number of para-hydroxylation sites is 1. The van der Waals surface area contributed by atoms with Gasteiger partial charge in [-0.2, -0.15) is 0 Å². The van der Waals surface area contributed by atoms with Crippen LogP contribution in [0.2, 0.25) is 0 Å². The lowest BCUT2D eigenvalue weighted by Crippen LogP contribution is -2.00. The van der Waals surface area contributed by atoms with Gasteiger partial charge in [0.25, 0.3) is 0 Å². The third-order valence-electron chi connectivity index (χ3n) is 10.5. The highest BCUT2D eigenvalue weighted by atomic mass is 32.1. The first-order valence-electron chi connectivity index (χ1n) is 18.7. The molecule has 0 radical (unpaired) electrons. The van der Waals surface area contributed by atoms with Crippen molar-refractivity contribution in [1.29, 1.82) is 0 Å². The molecule has 0 bridgehead atoms. The monoisotopic (exact) mass is 733 g/mol. The number of hydrogen-bond acceptors (Lipinski definition) is 5. The molecule has 3 heterocycles. The molecule has 0 amide bonds. The maximum Gasteiger partial charge on any atom is 0.167 e.